The van der Waals surface area contributed by atoms with Gasteiger partial charge in [0.25, 0.3) is 5.91 Å². The molecule has 3 rings (SSSR count). The Morgan fingerprint density at radius 3 is 3.00 bits per heavy atom. The van der Waals surface area contributed by atoms with E-state index in [1.807, 2.05) is 0 Å². The highest BCUT2D eigenvalue weighted by Gasteiger charge is 2.35. The summed E-state index contributed by atoms with van der Waals surface area (Å²) in [4.78, 5) is 12.2. The molecular weight excluding hydrogens is 406 g/mol. The molecule has 1 atom stereocenters. The minimum atomic E-state index is -3.66. The number of rotatable bonds is 8. The number of carbonyl (C=O) groups excluding carboxylic acids is 1. The first-order valence-electron chi connectivity index (χ1n) is 8.86. The van der Waals surface area contributed by atoms with Crippen LogP contribution in [0, 0.1) is 0 Å². The van der Waals surface area contributed by atoms with Crippen LogP contribution in [0.15, 0.2) is 35.4 Å². The summed E-state index contributed by atoms with van der Waals surface area (Å²) in [5.41, 5.74) is 0.179. The summed E-state index contributed by atoms with van der Waals surface area (Å²) in [6.07, 6.45) is 2.98. The van der Waals surface area contributed by atoms with Crippen LogP contribution in [0.25, 0.3) is 0 Å². The van der Waals surface area contributed by atoms with Gasteiger partial charge >= 0.3 is 0 Å². The molecule has 1 aromatic heterocycles. The molecule has 1 fully saturated rings. The first-order chi connectivity index (χ1) is 13.4. The van der Waals surface area contributed by atoms with Gasteiger partial charge in [0.15, 0.2) is 5.69 Å². The standard InChI is InChI=1S/C17H22ClN5O4S/c1-27-9-7-19-17(24)16-12-22(21-20-16)11-14-5-3-8-23(14)28(25,26)15-6-2-4-13(18)10-15/h2,4,6,10,12,14H,3,5,7-9,11H2,1H3,(H,19,24)/t14-/m0/s1. The summed E-state index contributed by atoms with van der Waals surface area (Å²) in [6, 6.07) is 5.97. The highest BCUT2D eigenvalue weighted by Crippen LogP contribution is 2.28. The van der Waals surface area contributed by atoms with Gasteiger partial charge < -0.3 is 10.1 Å². The summed E-state index contributed by atoms with van der Waals surface area (Å²) in [5.74, 6) is -0.349. The Kier molecular flexibility index (Phi) is 6.65. The molecule has 0 spiro atoms. The summed E-state index contributed by atoms with van der Waals surface area (Å²) >= 11 is 5.95. The normalized spacial score (nSPS) is 17.7. The van der Waals surface area contributed by atoms with E-state index < -0.39 is 10.0 Å². The third-order valence-corrected chi connectivity index (χ3v) is 6.67. The maximum Gasteiger partial charge on any atom is 0.273 e. The van der Waals surface area contributed by atoms with Gasteiger partial charge in [0.1, 0.15) is 0 Å². The van der Waals surface area contributed by atoms with Gasteiger partial charge in [-0.1, -0.05) is 22.9 Å². The third kappa shape index (κ3) is 4.69. The second-order valence-electron chi connectivity index (χ2n) is 6.44. The van der Waals surface area contributed by atoms with Crippen molar-refractivity contribution in [2.45, 2.75) is 30.3 Å². The Hall–Kier alpha value is -2.01. The van der Waals surface area contributed by atoms with E-state index in [0.717, 1.165) is 6.42 Å². The zero-order valence-electron chi connectivity index (χ0n) is 15.4. The fourth-order valence-corrected chi connectivity index (χ4v) is 5.12. The predicted octanol–water partition coefficient (Wildman–Crippen LogP) is 1.16. The molecule has 2 aromatic rings. The fraction of sp³-hybridized carbons (Fsp3) is 0.471. The Morgan fingerprint density at radius 1 is 1.43 bits per heavy atom. The number of sulfonamides is 1. The molecule has 11 heteroatoms. The fourth-order valence-electron chi connectivity index (χ4n) is 3.14. The van der Waals surface area contributed by atoms with E-state index in [1.165, 1.54) is 27.3 Å². The molecule has 0 bridgehead atoms. The van der Waals surface area contributed by atoms with E-state index >= 15 is 0 Å². The zero-order chi connectivity index (χ0) is 20.1. The third-order valence-electron chi connectivity index (χ3n) is 4.49. The maximum atomic E-state index is 13.0. The number of ether oxygens (including phenoxy) is 1. The molecular formula is C17H22ClN5O4S. The minimum Gasteiger partial charge on any atom is -0.383 e. The predicted molar refractivity (Wildman–Crippen MR) is 103 cm³/mol. The number of aromatic nitrogens is 3. The van der Waals surface area contributed by atoms with Crippen molar-refractivity contribution < 1.29 is 17.9 Å². The summed E-state index contributed by atoms with van der Waals surface area (Å²) in [6.45, 7) is 1.52. The zero-order valence-corrected chi connectivity index (χ0v) is 17.0. The number of hydrogen-bond donors (Lipinski definition) is 1. The Labute approximate surface area is 168 Å². The molecule has 0 unspecified atom stereocenters. The highest BCUT2D eigenvalue weighted by molar-refractivity contribution is 7.89. The first kappa shape index (κ1) is 20.7. The van der Waals surface area contributed by atoms with Crippen LogP contribution in [-0.2, 0) is 21.3 Å². The van der Waals surface area contributed by atoms with Gasteiger partial charge in [0.05, 0.1) is 24.2 Å². The second kappa shape index (κ2) is 8.99. The number of methoxy groups -OCH3 is 1. The van der Waals surface area contributed by atoms with Crippen LogP contribution in [0.3, 0.4) is 0 Å². The lowest BCUT2D eigenvalue weighted by Crippen LogP contribution is -2.38. The molecule has 1 saturated heterocycles. The quantitative estimate of drug-likeness (QED) is 0.633. The number of benzene rings is 1. The second-order valence-corrected chi connectivity index (χ2v) is 8.77. The van der Waals surface area contributed by atoms with Crippen LogP contribution in [0.1, 0.15) is 23.3 Å². The van der Waals surface area contributed by atoms with Gasteiger partial charge in [0.2, 0.25) is 10.0 Å². The van der Waals surface area contributed by atoms with E-state index in [2.05, 4.69) is 15.6 Å². The van der Waals surface area contributed by atoms with Crippen LogP contribution in [-0.4, -0.2) is 66.5 Å². The summed E-state index contributed by atoms with van der Waals surface area (Å²) in [7, 11) is -2.11. The van der Waals surface area contributed by atoms with Crippen LogP contribution < -0.4 is 5.32 Å². The Bertz CT molecular complexity index is 933. The van der Waals surface area contributed by atoms with Gasteiger partial charge in [-0.15, -0.1) is 5.10 Å². The van der Waals surface area contributed by atoms with Gasteiger partial charge in [0, 0.05) is 31.3 Å². The average molecular weight is 428 g/mol. The van der Waals surface area contributed by atoms with Crippen molar-refractivity contribution in [2.75, 3.05) is 26.8 Å². The Morgan fingerprint density at radius 2 is 2.25 bits per heavy atom. The largest absolute Gasteiger partial charge is 0.383 e. The molecule has 1 aromatic carbocycles. The van der Waals surface area contributed by atoms with E-state index in [0.29, 0.717) is 37.7 Å². The van der Waals surface area contributed by atoms with Crippen molar-refractivity contribution in [2.24, 2.45) is 0 Å². The summed E-state index contributed by atoms with van der Waals surface area (Å²) < 4.78 is 33.8. The Balaban J connectivity index is 1.70. The van der Waals surface area contributed by atoms with E-state index in [9.17, 15) is 13.2 Å². The number of carbonyl (C=O) groups is 1. The SMILES string of the molecule is COCCNC(=O)c1cn(C[C@@H]2CCCN2S(=O)(=O)c2cccc(Cl)c2)nn1. The maximum absolute atomic E-state index is 13.0. The molecule has 28 heavy (non-hydrogen) atoms. The molecule has 2 heterocycles. The minimum absolute atomic E-state index is 0.170. The van der Waals surface area contributed by atoms with Crippen molar-refractivity contribution >= 4 is 27.5 Å². The lowest BCUT2D eigenvalue weighted by molar-refractivity contribution is 0.0932. The lowest BCUT2D eigenvalue weighted by atomic mass is 10.2. The molecule has 1 aliphatic rings. The van der Waals surface area contributed by atoms with Crippen LogP contribution in [0.2, 0.25) is 5.02 Å². The topological polar surface area (TPSA) is 106 Å². The first-order valence-corrected chi connectivity index (χ1v) is 10.7. The number of amides is 1. The highest BCUT2D eigenvalue weighted by atomic mass is 35.5. The molecule has 0 aliphatic carbocycles. The molecule has 0 saturated carbocycles. The smallest absolute Gasteiger partial charge is 0.273 e. The van der Waals surface area contributed by atoms with Gasteiger partial charge in [-0.2, -0.15) is 4.31 Å². The monoisotopic (exact) mass is 427 g/mol. The van der Waals surface area contributed by atoms with Crippen molar-refractivity contribution in [3.8, 4) is 0 Å². The van der Waals surface area contributed by atoms with Gasteiger partial charge in [-0.05, 0) is 31.0 Å². The molecule has 152 valence electrons. The number of halogens is 1. The van der Waals surface area contributed by atoms with E-state index in [-0.39, 0.29) is 22.5 Å². The lowest BCUT2D eigenvalue weighted by Gasteiger charge is -2.24. The van der Waals surface area contributed by atoms with Gasteiger partial charge in [-0.25, -0.2) is 8.42 Å². The van der Waals surface area contributed by atoms with Crippen LogP contribution in [0.4, 0.5) is 0 Å². The average Bonchev–Trinajstić information content (AvgIpc) is 3.32. The summed E-state index contributed by atoms with van der Waals surface area (Å²) in [5, 5.41) is 10.9. The van der Waals surface area contributed by atoms with Crippen LogP contribution in [0.5, 0.6) is 0 Å². The van der Waals surface area contributed by atoms with Crippen molar-refractivity contribution in [3.63, 3.8) is 0 Å². The molecule has 1 amide bonds. The van der Waals surface area contributed by atoms with Crippen LogP contribution >= 0.6 is 11.6 Å². The molecule has 9 nitrogen and oxygen atoms in total. The number of nitrogens with one attached hydrogen (secondary N) is 1. The number of hydrogen-bond acceptors (Lipinski definition) is 6. The van der Waals surface area contributed by atoms with E-state index in [4.69, 9.17) is 16.3 Å². The van der Waals surface area contributed by atoms with Crippen molar-refractivity contribution in [1.82, 2.24) is 24.6 Å². The molecule has 0 radical (unpaired) electrons. The number of nitrogens with zero attached hydrogens (tertiary/aromatic N) is 4. The molecule has 1 N–H and O–H groups in total. The van der Waals surface area contributed by atoms with Crippen molar-refractivity contribution in [3.05, 3.63) is 41.2 Å². The van der Waals surface area contributed by atoms with Crippen molar-refractivity contribution in [1.29, 1.82) is 0 Å². The van der Waals surface area contributed by atoms with Gasteiger partial charge in [-0.3, -0.25) is 9.48 Å². The van der Waals surface area contributed by atoms with E-state index in [1.54, 1.807) is 19.2 Å². The molecule has 1 aliphatic heterocycles.